The molecular formula is C15H15N5O. The highest BCUT2D eigenvalue weighted by atomic mass is 16.3. The average molecular weight is 281 g/mol. The van der Waals surface area contributed by atoms with Crippen molar-refractivity contribution in [1.82, 2.24) is 15.0 Å². The molecule has 2 aliphatic rings. The van der Waals surface area contributed by atoms with Crippen molar-refractivity contribution in [3.05, 3.63) is 29.6 Å². The monoisotopic (exact) mass is 281 g/mol. The molecule has 2 aromatic heterocycles. The number of aromatic nitrogens is 3. The molecule has 1 fully saturated rings. The van der Waals surface area contributed by atoms with Crippen LogP contribution in [0.1, 0.15) is 24.1 Å². The van der Waals surface area contributed by atoms with E-state index in [0.717, 1.165) is 23.6 Å². The number of rotatable bonds is 4. The summed E-state index contributed by atoms with van der Waals surface area (Å²) in [7, 11) is 0. The summed E-state index contributed by atoms with van der Waals surface area (Å²) in [5.41, 5.74) is 2.44. The Bertz CT molecular complexity index is 742. The molecule has 1 aliphatic heterocycles. The standard InChI is InChI=1S/C15H15N5O/c21-14-12(19-15(20-14)18-7-9-3-4-9)6-10-8-17-13-11(10)2-1-5-16-13/h1-2,5-6,8-9,21H,3-4,7H2,(H2,18,19,20)/b10-6+. The van der Waals surface area contributed by atoms with Crippen molar-refractivity contribution in [3.8, 4) is 5.88 Å². The van der Waals surface area contributed by atoms with Crippen LogP contribution in [0.2, 0.25) is 0 Å². The van der Waals surface area contributed by atoms with Crippen LogP contribution in [0.15, 0.2) is 23.3 Å². The molecule has 0 radical (unpaired) electrons. The number of hydrogen-bond donors (Lipinski definition) is 3. The summed E-state index contributed by atoms with van der Waals surface area (Å²) < 4.78 is 0. The number of pyridine rings is 1. The molecule has 6 nitrogen and oxygen atoms in total. The van der Waals surface area contributed by atoms with Gasteiger partial charge in [-0.3, -0.25) is 0 Å². The number of nitrogens with zero attached hydrogens (tertiary/aromatic N) is 3. The van der Waals surface area contributed by atoms with Gasteiger partial charge in [0.15, 0.2) is 5.82 Å². The fraction of sp³-hybridized carbons (Fsp3) is 0.267. The molecule has 0 bridgehead atoms. The Balaban J connectivity index is 1.59. The van der Waals surface area contributed by atoms with Gasteiger partial charge in [0.1, 0.15) is 5.69 Å². The van der Waals surface area contributed by atoms with Gasteiger partial charge in [-0.25, -0.2) is 9.98 Å². The maximum Gasteiger partial charge on any atom is 0.238 e. The first-order valence-electron chi connectivity index (χ1n) is 7.03. The maximum absolute atomic E-state index is 9.93. The lowest BCUT2D eigenvalue weighted by molar-refractivity contribution is 0.455. The third-order valence-corrected chi connectivity index (χ3v) is 3.69. The Labute approximate surface area is 121 Å². The van der Waals surface area contributed by atoms with Crippen molar-refractivity contribution >= 4 is 29.6 Å². The van der Waals surface area contributed by atoms with Crippen LogP contribution in [0.5, 0.6) is 5.88 Å². The van der Waals surface area contributed by atoms with Gasteiger partial charge in [-0.2, -0.15) is 4.98 Å². The van der Waals surface area contributed by atoms with E-state index in [9.17, 15) is 5.11 Å². The van der Waals surface area contributed by atoms with Crippen molar-refractivity contribution in [1.29, 1.82) is 0 Å². The molecule has 1 saturated carbocycles. The third kappa shape index (κ3) is 2.40. The number of aromatic hydroxyl groups is 1. The molecule has 0 aromatic carbocycles. The molecule has 2 aromatic rings. The first kappa shape index (κ1) is 12.1. The van der Waals surface area contributed by atoms with E-state index < -0.39 is 0 Å². The Morgan fingerprint density at radius 2 is 2.33 bits per heavy atom. The summed E-state index contributed by atoms with van der Waals surface area (Å²) in [4.78, 5) is 15.6. The molecule has 106 valence electrons. The molecule has 0 spiro atoms. The maximum atomic E-state index is 9.93. The number of allylic oxidation sites excluding steroid dienone is 1. The first-order chi connectivity index (χ1) is 10.3. The van der Waals surface area contributed by atoms with Crippen LogP contribution in [-0.4, -0.2) is 32.8 Å². The van der Waals surface area contributed by atoms with Gasteiger partial charge in [0.25, 0.3) is 0 Å². The molecular weight excluding hydrogens is 266 g/mol. The molecule has 0 unspecified atom stereocenters. The molecule has 3 heterocycles. The molecule has 6 heteroatoms. The van der Waals surface area contributed by atoms with Crippen LogP contribution in [0.4, 0.5) is 11.8 Å². The number of imidazole rings is 1. The second-order valence-corrected chi connectivity index (χ2v) is 5.38. The van der Waals surface area contributed by atoms with Crippen LogP contribution in [0, 0.1) is 5.92 Å². The normalized spacial score (nSPS) is 18.2. The highest BCUT2D eigenvalue weighted by Crippen LogP contribution is 2.32. The number of hydrogen-bond acceptors (Lipinski definition) is 5. The number of nitrogens with one attached hydrogen (secondary N) is 2. The van der Waals surface area contributed by atoms with Crippen LogP contribution in [-0.2, 0) is 0 Å². The quantitative estimate of drug-likeness (QED) is 0.804. The lowest BCUT2D eigenvalue weighted by atomic mass is 10.1. The highest BCUT2D eigenvalue weighted by Gasteiger charge is 2.21. The molecule has 21 heavy (non-hydrogen) atoms. The lowest BCUT2D eigenvalue weighted by Gasteiger charge is -1.99. The number of H-pyrrole nitrogens is 1. The molecule has 0 saturated heterocycles. The largest absolute Gasteiger partial charge is 0.492 e. The number of fused-ring (bicyclic) bond motifs is 1. The van der Waals surface area contributed by atoms with Gasteiger partial charge in [0, 0.05) is 30.1 Å². The SMILES string of the molecule is Oc1nc(NCC2CC2)[nH]c1/C=C1\C=Nc2ncccc21. The summed E-state index contributed by atoms with van der Waals surface area (Å²) in [6.45, 7) is 0.900. The number of aromatic amines is 1. The number of anilines is 1. The fourth-order valence-corrected chi connectivity index (χ4v) is 2.32. The topological polar surface area (TPSA) is 86.2 Å². The van der Waals surface area contributed by atoms with E-state index in [0.29, 0.717) is 17.5 Å². The Morgan fingerprint density at radius 3 is 3.19 bits per heavy atom. The van der Waals surface area contributed by atoms with Crippen LogP contribution >= 0.6 is 0 Å². The summed E-state index contributed by atoms with van der Waals surface area (Å²) in [6.07, 6.45) is 7.84. The van der Waals surface area contributed by atoms with Crippen molar-refractivity contribution in [3.63, 3.8) is 0 Å². The third-order valence-electron chi connectivity index (χ3n) is 3.69. The zero-order valence-corrected chi connectivity index (χ0v) is 11.4. The first-order valence-corrected chi connectivity index (χ1v) is 7.03. The minimum absolute atomic E-state index is 0.00784. The van der Waals surface area contributed by atoms with Crippen molar-refractivity contribution in [2.45, 2.75) is 12.8 Å². The van der Waals surface area contributed by atoms with Gasteiger partial charge in [-0.15, -0.1) is 0 Å². The van der Waals surface area contributed by atoms with E-state index in [1.54, 1.807) is 12.4 Å². The van der Waals surface area contributed by atoms with E-state index in [-0.39, 0.29) is 5.88 Å². The highest BCUT2D eigenvalue weighted by molar-refractivity contribution is 6.20. The predicted molar refractivity (Wildman–Crippen MR) is 81.7 cm³/mol. The van der Waals surface area contributed by atoms with Crippen molar-refractivity contribution < 1.29 is 5.11 Å². The smallest absolute Gasteiger partial charge is 0.238 e. The van der Waals surface area contributed by atoms with E-state index in [2.05, 4.69) is 25.3 Å². The average Bonchev–Trinajstić information content (AvgIpc) is 3.15. The molecule has 3 N–H and O–H groups in total. The van der Waals surface area contributed by atoms with Gasteiger partial charge in [0.2, 0.25) is 11.8 Å². The molecule has 4 rings (SSSR count). The number of aliphatic imine (C=N–C) groups is 1. The summed E-state index contributed by atoms with van der Waals surface area (Å²) >= 11 is 0. The van der Waals surface area contributed by atoms with E-state index >= 15 is 0 Å². The van der Waals surface area contributed by atoms with Crippen LogP contribution in [0.25, 0.3) is 11.6 Å². The Morgan fingerprint density at radius 1 is 1.43 bits per heavy atom. The van der Waals surface area contributed by atoms with Gasteiger partial charge >= 0.3 is 0 Å². The zero-order chi connectivity index (χ0) is 14.2. The summed E-state index contributed by atoms with van der Waals surface area (Å²) in [6, 6.07) is 3.83. The van der Waals surface area contributed by atoms with Gasteiger partial charge in [0.05, 0.1) is 0 Å². The summed E-state index contributed by atoms with van der Waals surface area (Å²) in [5, 5.41) is 13.1. The Hall–Kier alpha value is -2.63. The molecule has 0 atom stereocenters. The van der Waals surface area contributed by atoms with Gasteiger partial charge in [-0.1, -0.05) is 0 Å². The van der Waals surface area contributed by atoms with E-state index in [1.165, 1.54) is 12.8 Å². The second kappa shape index (κ2) is 4.73. The predicted octanol–water partition coefficient (Wildman–Crippen LogP) is 2.59. The van der Waals surface area contributed by atoms with Crippen molar-refractivity contribution in [2.24, 2.45) is 10.9 Å². The van der Waals surface area contributed by atoms with Crippen molar-refractivity contribution in [2.75, 3.05) is 11.9 Å². The molecule has 1 aliphatic carbocycles. The minimum atomic E-state index is -0.00784. The van der Waals surface area contributed by atoms with E-state index in [4.69, 9.17) is 0 Å². The zero-order valence-electron chi connectivity index (χ0n) is 11.4. The van der Waals surface area contributed by atoms with Crippen LogP contribution < -0.4 is 5.32 Å². The fourth-order valence-electron chi connectivity index (χ4n) is 2.32. The van der Waals surface area contributed by atoms with Gasteiger partial charge < -0.3 is 15.4 Å². The minimum Gasteiger partial charge on any atom is -0.492 e. The second-order valence-electron chi connectivity index (χ2n) is 5.38. The Kier molecular flexibility index (Phi) is 2.73. The van der Waals surface area contributed by atoms with E-state index in [1.807, 2.05) is 18.2 Å². The lowest BCUT2D eigenvalue weighted by Crippen LogP contribution is -2.04. The summed E-state index contributed by atoms with van der Waals surface area (Å²) in [5.74, 6) is 2.05. The van der Waals surface area contributed by atoms with Gasteiger partial charge in [-0.05, 0) is 37.0 Å². The van der Waals surface area contributed by atoms with Crippen LogP contribution in [0.3, 0.4) is 0 Å². The molecule has 0 amide bonds.